The first-order chi connectivity index (χ1) is 7.83. The number of aromatic nitrogens is 2. The van der Waals surface area contributed by atoms with E-state index in [1.54, 1.807) is 13.8 Å². The Kier molecular flexibility index (Phi) is 3.76. The van der Waals surface area contributed by atoms with E-state index >= 15 is 0 Å². The molecular formula is C8H14N6O3. The number of hydrazine groups is 1. The predicted molar refractivity (Wildman–Crippen MR) is 61.3 cm³/mol. The molecule has 9 heteroatoms. The molecule has 0 saturated carbocycles. The highest BCUT2D eigenvalue weighted by Crippen LogP contribution is 2.22. The summed E-state index contributed by atoms with van der Waals surface area (Å²) in [7, 11) is 0. The molecule has 0 spiro atoms. The van der Waals surface area contributed by atoms with Crippen molar-refractivity contribution in [1.82, 2.24) is 9.97 Å². The van der Waals surface area contributed by atoms with Crippen molar-refractivity contribution in [3.63, 3.8) is 0 Å². The van der Waals surface area contributed by atoms with Gasteiger partial charge >= 0.3 is 5.69 Å². The largest absolute Gasteiger partial charge is 0.389 e. The van der Waals surface area contributed by atoms with Crippen LogP contribution in [0, 0.1) is 10.1 Å². The van der Waals surface area contributed by atoms with Crippen LogP contribution in [-0.2, 0) is 0 Å². The first kappa shape index (κ1) is 13.1. The molecule has 0 radical (unpaired) electrons. The highest BCUT2D eigenvalue weighted by atomic mass is 16.6. The molecular weight excluding hydrogens is 228 g/mol. The Morgan fingerprint density at radius 3 is 2.76 bits per heavy atom. The van der Waals surface area contributed by atoms with Crippen LogP contribution in [0.5, 0.6) is 0 Å². The van der Waals surface area contributed by atoms with E-state index in [0.29, 0.717) is 0 Å². The van der Waals surface area contributed by atoms with Crippen LogP contribution in [0.3, 0.4) is 0 Å². The Labute approximate surface area is 97.2 Å². The van der Waals surface area contributed by atoms with Gasteiger partial charge in [-0.3, -0.25) is 15.5 Å². The van der Waals surface area contributed by atoms with E-state index in [4.69, 9.17) is 5.84 Å². The fraction of sp³-hybridized carbons (Fsp3) is 0.500. The number of rotatable bonds is 5. The van der Waals surface area contributed by atoms with Gasteiger partial charge in [0.15, 0.2) is 0 Å². The van der Waals surface area contributed by atoms with Gasteiger partial charge < -0.3 is 10.4 Å². The maximum atomic E-state index is 10.7. The van der Waals surface area contributed by atoms with E-state index in [1.807, 2.05) is 0 Å². The monoisotopic (exact) mass is 242 g/mol. The molecule has 0 bridgehead atoms. The first-order valence-electron chi connectivity index (χ1n) is 4.78. The van der Waals surface area contributed by atoms with Crippen LogP contribution in [0.4, 0.5) is 17.5 Å². The molecule has 5 N–H and O–H groups in total. The number of nitro groups is 1. The summed E-state index contributed by atoms with van der Waals surface area (Å²) in [5, 5.41) is 22.9. The second kappa shape index (κ2) is 4.89. The smallest absolute Gasteiger partial charge is 0.329 e. The van der Waals surface area contributed by atoms with Crippen molar-refractivity contribution in [1.29, 1.82) is 0 Å². The average Bonchev–Trinajstić information content (AvgIpc) is 2.24. The zero-order valence-corrected chi connectivity index (χ0v) is 9.47. The Hall–Kier alpha value is -2.00. The van der Waals surface area contributed by atoms with Crippen LogP contribution >= 0.6 is 0 Å². The van der Waals surface area contributed by atoms with Crippen LogP contribution in [-0.4, -0.2) is 32.1 Å². The van der Waals surface area contributed by atoms with Crippen molar-refractivity contribution in [2.24, 2.45) is 5.84 Å². The Balaban J connectivity index is 2.97. The summed E-state index contributed by atoms with van der Waals surface area (Å²) in [5.41, 5.74) is 0.881. The predicted octanol–water partition coefficient (Wildman–Crippen LogP) is -0.147. The molecule has 0 aromatic carbocycles. The van der Waals surface area contributed by atoms with Gasteiger partial charge in [0, 0.05) is 6.54 Å². The number of hydrogen-bond donors (Lipinski definition) is 4. The molecule has 1 rings (SSSR count). The third kappa shape index (κ3) is 3.81. The van der Waals surface area contributed by atoms with Crippen molar-refractivity contribution in [3.05, 3.63) is 16.3 Å². The standard InChI is InChI=1S/C8H14N6O3/c1-8(2,15)4-11-6-5(14(16)17)3-10-7(12-6)13-9/h3,15H,4,9H2,1-2H3,(H2,10,11,12,13). The van der Waals surface area contributed by atoms with Crippen molar-refractivity contribution in [3.8, 4) is 0 Å². The summed E-state index contributed by atoms with van der Waals surface area (Å²) in [6, 6.07) is 0. The molecule has 0 aliphatic heterocycles. The summed E-state index contributed by atoms with van der Waals surface area (Å²) in [6.45, 7) is 3.24. The molecule has 0 fully saturated rings. The maximum Gasteiger partial charge on any atom is 0.329 e. The van der Waals surface area contributed by atoms with Gasteiger partial charge in [0.25, 0.3) is 0 Å². The van der Waals surface area contributed by atoms with Crippen molar-refractivity contribution in [2.75, 3.05) is 17.3 Å². The first-order valence-corrected chi connectivity index (χ1v) is 4.78. The molecule has 9 nitrogen and oxygen atoms in total. The summed E-state index contributed by atoms with van der Waals surface area (Å²) in [5.74, 6) is 5.15. The second-order valence-corrected chi connectivity index (χ2v) is 3.99. The molecule has 0 atom stereocenters. The molecule has 1 aromatic heterocycles. The third-order valence-electron chi connectivity index (χ3n) is 1.78. The topological polar surface area (TPSA) is 139 Å². The van der Waals surface area contributed by atoms with Crippen LogP contribution in [0.15, 0.2) is 6.20 Å². The molecule has 0 amide bonds. The molecule has 94 valence electrons. The van der Waals surface area contributed by atoms with E-state index in [9.17, 15) is 15.2 Å². The Bertz CT molecular complexity index is 416. The van der Waals surface area contributed by atoms with Crippen LogP contribution in [0.2, 0.25) is 0 Å². The van der Waals surface area contributed by atoms with E-state index in [0.717, 1.165) is 6.20 Å². The molecule has 0 saturated heterocycles. The minimum absolute atomic E-state index is 0.0000694. The molecule has 1 aromatic rings. The van der Waals surface area contributed by atoms with E-state index in [1.165, 1.54) is 0 Å². The number of aliphatic hydroxyl groups is 1. The van der Waals surface area contributed by atoms with Gasteiger partial charge in [0.1, 0.15) is 6.20 Å². The van der Waals surface area contributed by atoms with Crippen molar-refractivity contribution < 1.29 is 10.0 Å². The minimum atomic E-state index is -1.02. The minimum Gasteiger partial charge on any atom is -0.389 e. The lowest BCUT2D eigenvalue weighted by molar-refractivity contribution is -0.384. The Morgan fingerprint density at radius 1 is 1.65 bits per heavy atom. The quantitative estimate of drug-likeness (QED) is 0.317. The summed E-state index contributed by atoms with van der Waals surface area (Å²) >= 11 is 0. The molecule has 0 aliphatic carbocycles. The summed E-state index contributed by atoms with van der Waals surface area (Å²) in [6.07, 6.45) is 1.04. The van der Waals surface area contributed by atoms with E-state index in [-0.39, 0.29) is 24.0 Å². The van der Waals surface area contributed by atoms with Gasteiger partial charge in [0.2, 0.25) is 11.8 Å². The summed E-state index contributed by atoms with van der Waals surface area (Å²) < 4.78 is 0. The van der Waals surface area contributed by atoms with E-state index in [2.05, 4.69) is 20.7 Å². The normalized spacial score (nSPS) is 11.1. The van der Waals surface area contributed by atoms with Crippen LogP contribution < -0.4 is 16.6 Å². The van der Waals surface area contributed by atoms with Gasteiger partial charge in [-0.25, -0.2) is 10.8 Å². The van der Waals surface area contributed by atoms with Gasteiger partial charge in [0.05, 0.1) is 10.5 Å². The maximum absolute atomic E-state index is 10.7. The number of nitrogens with one attached hydrogen (secondary N) is 2. The van der Waals surface area contributed by atoms with Gasteiger partial charge in [-0.2, -0.15) is 4.98 Å². The molecule has 0 unspecified atom stereocenters. The third-order valence-corrected chi connectivity index (χ3v) is 1.78. The molecule has 0 aliphatic rings. The number of nitrogens with zero attached hydrogens (tertiary/aromatic N) is 3. The fourth-order valence-corrected chi connectivity index (χ4v) is 1.01. The average molecular weight is 242 g/mol. The summed E-state index contributed by atoms with van der Waals surface area (Å²) in [4.78, 5) is 17.5. The highest BCUT2D eigenvalue weighted by molar-refractivity contribution is 5.56. The zero-order valence-electron chi connectivity index (χ0n) is 9.47. The number of anilines is 2. The Morgan fingerprint density at radius 2 is 2.29 bits per heavy atom. The molecule has 17 heavy (non-hydrogen) atoms. The van der Waals surface area contributed by atoms with Crippen molar-refractivity contribution in [2.45, 2.75) is 19.4 Å². The number of hydrogen-bond acceptors (Lipinski definition) is 8. The lowest BCUT2D eigenvalue weighted by Gasteiger charge is -2.17. The fourth-order valence-electron chi connectivity index (χ4n) is 1.01. The van der Waals surface area contributed by atoms with Gasteiger partial charge in [-0.15, -0.1) is 0 Å². The highest BCUT2D eigenvalue weighted by Gasteiger charge is 2.20. The number of nitrogen functional groups attached to an aromatic ring is 1. The van der Waals surface area contributed by atoms with Crippen LogP contribution in [0.25, 0.3) is 0 Å². The van der Waals surface area contributed by atoms with E-state index < -0.39 is 10.5 Å². The van der Waals surface area contributed by atoms with Crippen molar-refractivity contribution >= 4 is 17.5 Å². The second-order valence-electron chi connectivity index (χ2n) is 3.99. The molecule has 1 heterocycles. The lowest BCUT2D eigenvalue weighted by Crippen LogP contribution is -2.30. The van der Waals surface area contributed by atoms with Gasteiger partial charge in [-0.1, -0.05) is 0 Å². The number of nitrogens with two attached hydrogens (primary N) is 1. The zero-order chi connectivity index (χ0) is 13.1. The SMILES string of the molecule is CC(C)(O)CNc1nc(NN)ncc1[N+](=O)[O-]. The van der Waals surface area contributed by atoms with Gasteiger partial charge in [-0.05, 0) is 13.8 Å². The lowest BCUT2D eigenvalue weighted by atomic mass is 10.1. The van der Waals surface area contributed by atoms with Crippen LogP contribution in [0.1, 0.15) is 13.8 Å².